The van der Waals surface area contributed by atoms with Crippen LogP contribution in [0, 0.1) is 11.3 Å². The van der Waals surface area contributed by atoms with E-state index < -0.39 is 0 Å². The molecule has 0 aliphatic carbocycles. The molecule has 0 saturated carbocycles. The predicted octanol–water partition coefficient (Wildman–Crippen LogP) is 18.6. The highest BCUT2D eigenvalue weighted by atomic mass is 15.0. The van der Waals surface area contributed by atoms with Gasteiger partial charge < -0.3 is 13.7 Å². The zero-order chi connectivity index (χ0) is 51.3. The Morgan fingerprint density at radius 3 is 0.662 bits per heavy atom. The molecule has 0 spiro atoms. The van der Waals surface area contributed by atoms with Gasteiger partial charge in [-0.1, -0.05) is 161 Å². The second-order valence-corrected chi connectivity index (χ2v) is 26.9. The van der Waals surface area contributed by atoms with Crippen molar-refractivity contribution in [3.8, 4) is 23.1 Å². The summed E-state index contributed by atoms with van der Waals surface area (Å²) in [6.07, 6.45) is 0. The molecule has 0 saturated heterocycles. The number of benzene rings is 7. The highest BCUT2D eigenvalue weighted by Gasteiger charge is 2.29. The molecule has 0 aliphatic heterocycles. The van der Waals surface area contributed by atoms with Gasteiger partial charge in [-0.25, -0.2) is 0 Å². The van der Waals surface area contributed by atoms with E-state index in [1.165, 1.54) is 65.7 Å². The van der Waals surface area contributed by atoms with Crippen molar-refractivity contribution in [2.45, 2.75) is 157 Å². The van der Waals surface area contributed by atoms with Crippen molar-refractivity contribution >= 4 is 65.4 Å². The maximum Gasteiger partial charge on any atom is 0.104 e. The van der Waals surface area contributed by atoms with Gasteiger partial charge in [0.2, 0.25) is 0 Å². The lowest BCUT2D eigenvalue weighted by atomic mass is 9.85. The molecule has 0 fully saturated rings. The first-order valence-electron chi connectivity index (χ1n) is 25.8. The molecule has 4 heteroatoms. The fourth-order valence-electron chi connectivity index (χ4n) is 10.9. The molecule has 3 heterocycles. The number of rotatable bonds is 3. The van der Waals surface area contributed by atoms with Gasteiger partial charge in [0.25, 0.3) is 0 Å². The first-order valence-corrected chi connectivity index (χ1v) is 25.8. The lowest BCUT2D eigenvalue weighted by molar-refractivity contribution is 0.590. The van der Waals surface area contributed by atoms with Crippen molar-refractivity contribution in [1.29, 1.82) is 5.26 Å². The summed E-state index contributed by atoms with van der Waals surface area (Å²) >= 11 is 0. The van der Waals surface area contributed by atoms with Crippen LogP contribution in [0.3, 0.4) is 0 Å². The van der Waals surface area contributed by atoms with Crippen LogP contribution in [0.15, 0.2) is 121 Å². The fraction of sp³-hybridized carbons (Fsp3) is 0.358. The van der Waals surface area contributed by atoms with Crippen molar-refractivity contribution in [2.24, 2.45) is 0 Å². The third-order valence-electron chi connectivity index (χ3n) is 15.4. The van der Waals surface area contributed by atoms with Crippen LogP contribution < -0.4 is 0 Å². The van der Waals surface area contributed by atoms with Gasteiger partial charge in [0.15, 0.2) is 0 Å². The molecule has 0 unspecified atom stereocenters. The Labute approximate surface area is 422 Å². The van der Waals surface area contributed by atoms with Gasteiger partial charge in [-0.2, -0.15) is 5.26 Å². The summed E-state index contributed by atoms with van der Waals surface area (Å²) in [5, 5.41) is 19.2. The van der Waals surface area contributed by atoms with Gasteiger partial charge in [-0.3, -0.25) is 0 Å². The molecule has 362 valence electrons. The van der Waals surface area contributed by atoms with Gasteiger partial charge in [0, 0.05) is 32.3 Å². The molecular weight excluding hydrogens is 861 g/mol. The van der Waals surface area contributed by atoms with E-state index in [0.717, 1.165) is 50.2 Å². The number of hydrogen-bond donors (Lipinski definition) is 0. The zero-order valence-electron chi connectivity index (χ0n) is 45.8. The third kappa shape index (κ3) is 7.96. The Morgan fingerprint density at radius 2 is 0.479 bits per heavy atom. The normalized spacial score (nSPS) is 13.5. The van der Waals surface area contributed by atoms with E-state index in [2.05, 4.69) is 266 Å². The maximum atomic E-state index is 12.0. The highest BCUT2D eigenvalue weighted by Crippen LogP contribution is 2.45. The summed E-state index contributed by atoms with van der Waals surface area (Å²) in [5.74, 6) is 0. The van der Waals surface area contributed by atoms with Crippen LogP contribution in [0.1, 0.15) is 164 Å². The molecule has 3 aromatic heterocycles. The van der Waals surface area contributed by atoms with Crippen LogP contribution in [0.2, 0.25) is 0 Å². The first-order chi connectivity index (χ1) is 32.9. The largest absolute Gasteiger partial charge is 0.309 e. The molecule has 0 radical (unpaired) electrons. The van der Waals surface area contributed by atoms with Crippen LogP contribution in [0.25, 0.3) is 82.5 Å². The van der Waals surface area contributed by atoms with Gasteiger partial charge >= 0.3 is 0 Å². The average molecular weight is 935 g/mol. The van der Waals surface area contributed by atoms with E-state index in [4.69, 9.17) is 0 Å². The van der Waals surface area contributed by atoms with Gasteiger partial charge in [0.05, 0.1) is 50.2 Å². The summed E-state index contributed by atoms with van der Waals surface area (Å²) in [6, 6.07) is 49.6. The van der Waals surface area contributed by atoms with Crippen LogP contribution in [-0.2, 0) is 32.5 Å². The van der Waals surface area contributed by atoms with Crippen LogP contribution in [-0.4, -0.2) is 13.7 Å². The van der Waals surface area contributed by atoms with Crippen molar-refractivity contribution in [3.05, 3.63) is 160 Å². The van der Waals surface area contributed by atoms with E-state index in [1.54, 1.807) is 0 Å². The fourth-order valence-corrected chi connectivity index (χ4v) is 10.9. The van der Waals surface area contributed by atoms with E-state index in [0.29, 0.717) is 5.56 Å². The molecule has 0 N–H and O–H groups in total. The Hall–Kier alpha value is -6.57. The molecule has 4 nitrogen and oxygen atoms in total. The molecule has 10 aromatic rings. The topological polar surface area (TPSA) is 38.6 Å². The predicted molar refractivity (Wildman–Crippen MR) is 306 cm³/mol. The molecule has 10 rings (SSSR count). The minimum absolute atomic E-state index is 0.0362. The summed E-state index contributed by atoms with van der Waals surface area (Å²) in [6.45, 7) is 41.3. The second kappa shape index (κ2) is 15.7. The lowest BCUT2D eigenvalue weighted by Crippen LogP contribution is -2.11. The van der Waals surface area contributed by atoms with Crippen LogP contribution >= 0.6 is 0 Å². The number of hydrogen-bond acceptors (Lipinski definition) is 1. The maximum absolute atomic E-state index is 12.0. The summed E-state index contributed by atoms with van der Waals surface area (Å²) in [7, 11) is 0. The number of nitriles is 1. The molecule has 0 amide bonds. The summed E-state index contributed by atoms with van der Waals surface area (Å²) in [4.78, 5) is 0. The van der Waals surface area contributed by atoms with Crippen molar-refractivity contribution in [2.75, 3.05) is 0 Å². The molecule has 71 heavy (non-hydrogen) atoms. The minimum atomic E-state index is -0.0539. The van der Waals surface area contributed by atoms with E-state index in [9.17, 15) is 5.26 Å². The molecular formula is C67H74N4. The van der Waals surface area contributed by atoms with Crippen molar-refractivity contribution < 1.29 is 0 Å². The number of fused-ring (bicyclic) bond motifs is 9. The van der Waals surface area contributed by atoms with E-state index >= 15 is 0 Å². The Bertz CT molecular complexity index is 3480. The SMILES string of the molecule is CC(C)(C)c1ccc2c(c1)c1cc(C(C)(C)C)ccc1n2-c1cc(-n2c3ccc(C(C)(C)C)cc3c3cc(C(C)(C)C)ccc32)c(C#N)c(-n2c3ccc(C(C)(C)C)cc3c3cc(C(C)(C)C)ccc32)c1. The van der Waals surface area contributed by atoms with Crippen LogP contribution in [0.5, 0.6) is 0 Å². The van der Waals surface area contributed by atoms with Crippen molar-refractivity contribution in [1.82, 2.24) is 13.7 Å². The highest BCUT2D eigenvalue weighted by molar-refractivity contribution is 6.13. The Balaban J connectivity index is 1.42. The second-order valence-electron chi connectivity index (χ2n) is 26.9. The molecule has 0 aliphatic rings. The van der Waals surface area contributed by atoms with Gasteiger partial charge in [-0.15, -0.1) is 0 Å². The zero-order valence-corrected chi connectivity index (χ0v) is 45.8. The quantitative estimate of drug-likeness (QED) is 0.174. The Kier molecular flexibility index (Phi) is 10.6. The first kappa shape index (κ1) is 48.1. The Morgan fingerprint density at radius 1 is 0.282 bits per heavy atom. The minimum Gasteiger partial charge on any atom is -0.309 e. The van der Waals surface area contributed by atoms with Gasteiger partial charge in [0.1, 0.15) is 11.6 Å². The van der Waals surface area contributed by atoms with Crippen LogP contribution in [0.4, 0.5) is 0 Å². The number of aromatic nitrogens is 3. The summed E-state index contributed by atoms with van der Waals surface area (Å²) in [5.41, 5.74) is 17.4. The van der Waals surface area contributed by atoms with Crippen molar-refractivity contribution in [3.63, 3.8) is 0 Å². The smallest absolute Gasteiger partial charge is 0.104 e. The third-order valence-corrected chi connectivity index (χ3v) is 15.4. The number of nitrogens with zero attached hydrogens (tertiary/aromatic N) is 4. The molecule has 0 bridgehead atoms. The average Bonchev–Trinajstić information content (AvgIpc) is 3.90. The summed E-state index contributed by atoms with van der Waals surface area (Å²) < 4.78 is 7.24. The van der Waals surface area contributed by atoms with E-state index in [1.807, 2.05) is 0 Å². The van der Waals surface area contributed by atoms with Gasteiger partial charge in [-0.05, 0) is 151 Å². The molecule has 0 atom stereocenters. The van der Waals surface area contributed by atoms with E-state index in [-0.39, 0.29) is 32.5 Å². The standard InChI is InChI=1S/C67H74N4/c1-62(2,3)40-19-25-54-47(31-40)48-32-41(63(4,5)6)20-26-55(48)69(54)46-37-60(70-56-27-21-42(64(7,8)9)33-49(56)50-34-43(65(10,11)12)22-28-57(50)70)53(39-68)61(38-46)71-58-29-23-44(66(13,14)15)35-51(58)52-36-45(67(16,17)18)24-30-59(52)71/h19-38H,1-18H3. The lowest BCUT2D eigenvalue weighted by Gasteiger charge is -2.22. The molecule has 7 aromatic carbocycles. The monoisotopic (exact) mass is 935 g/mol.